The molecule has 1 heterocycles. The van der Waals surface area contributed by atoms with Gasteiger partial charge >= 0.3 is 0 Å². The average Bonchev–Trinajstić information content (AvgIpc) is 3.07. The van der Waals surface area contributed by atoms with Gasteiger partial charge in [0, 0.05) is 29.7 Å². The predicted molar refractivity (Wildman–Crippen MR) is 110 cm³/mol. The Morgan fingerprint density at radius 2 is 2.07 bits per heavy atom. The molecule has 1 unspecified atom stereocenters. The number of aromatic amines is 1. The second-order valence-corrected chi connectivity index (χ2v) is 6.73. The van der Waals surface area contributed by atoms with E-state index in [1.807, 2.05) is 31.2 Å². The van der Waals surface area contributed by atoms with E-state index in [0.29, 0.717) is 25.4 Å². The number of aromatic hydroxyl groups is 1. The van der Waals surface area contributed by atoms with Crippen molar-refractivity contribution in [3.63, 3.8) is 0 Å². The van der Waals surface area contributed by atoms with E-state index in [2.05, 4.69) is 10.3 Å². The number of primary amides is 1. The highest BCUT2D eigenvalue weighted by atomic mass is 16.5. The van der Waals surface area contributed by atoms with Crippen molar-refractivity contribution in [3.8, 4) is 17.2 Å². The second-order valence-electron chi connectivity index (χ2n) is 6.73. The first-order valence-electron chi connectivity index (χ1n) is 9.29. The minimum absolute atomic E-state index is 0.00988. The van der Waals surface area contributed by atoms with E-state index in [9.17, 15) is 15.0 Å². The van der Waals surface area contributed by atoms with E-state index in [4.69, 9.17) is 15.2 Å². The summed E-state index contributed by atoms with van der Waals surface area (Å²) >= 11 is 0. The van der Waals surface area contributed by atoms with Crippen LogP contribution in [0.25, 0.3) is 10.9 Å². The Kier molecular flexibility index (Phi) is 6.58. The predicted octanol–water partition coefficient (Wildman–Crippen LogP) is 1.69. The topological polar surface area (TPSA) is 130 Å². The number of hydrogen-bond acceptors (Lipinski definition) is 6. The smallest absolute Gasteiger partial charge is 0.252 e. The van der Waals surface area contributed by atoms with E-state index >= 15 is 0 Å². The fraction of sp³-hybridized carbons (Fsp3) is 0.286. The quantitative estimate of drug-likeness (QED) is 0.330. The van der Waals surface area contributed by atoms with E-state index in [-0.39, 0.29) is 17.9 Å². The van der Waals surface area contributed by atoms with E-state index in [0.717, 1.165) is 22.3 Å². The number of nitrogens with two attached hydrogens (primary N) is 1. The molecule has 6 N–H and O–H groups in total. The molecule has 29 heavy (non-hydrogen) atoms. The molecule has 3 rings (SSSR count). The van der Waals surface area contributed by atoms with E-state index in [1.54, 1.807) is 6.07 Å². The number of amides is 1. The van der Waals surface area contributed by atoms with Gasteiger partial charge in [0.2, 0.25) is 0 Å². The van der Waals surface area contributed by atoms with Crippen LogP contribution in [0.1, 0.15) is 16.1 Å². The van der Waals surface area contributed by atoms with Crippen molar-refractivity contribution in [1.82, 2.24) is 10.3 Å². The van der Waals surface area contributed by atoms with E-state index in [1.165, 1.54) is 12.1 Å². The average molecular weight is 399 g/mol. The lowest BCUT2D eigenvalue weighted by molar-refractivity contribution is 0.0996. The first-order valence-corrected chi connectivity index (χ1v) is 9.29. The van der Waals surface area contributed by atoms with Gasteiger partial charge in [0.15, 0.2) is 0 Å². The molecule has 0 fully saturated rings. The number of nitrogens with one attached hydrogen (secondary N) is 2. The summed E-state index contributed by atoms with van der Waals surface area (Å²) in [6.45, 7) is 3.29. The zero-order valence-corrected chi connectivity index (χ0v) is 16.1. The number of hydrogen-bond donors (Lipinski definition) is 5. The number of aliphatic hydroxyl groups is 1. The number of aliphatic hydroxyl groups excluding tert-OH is 1. The number of phenols is 1. The second kappa shape index (κ2) is 9.31. The summed E-state index contributed by atoms with van der Waals surface area (Å²) < 4.78 is 11.3. The van der Waals surface area contributed by atoms with Crippen LogP contribution < -0.4 is 20.5 Å². The van der Waals surface area contributed by atoms with Crippen LogP contribution in [0.15, 0.2) is 42.5 Å². The van der Waals surface area contributed by atoms with Crippen LogP contribution >= 0.6 is 0 Å². The van der Waals surface area contributed by atoms with Gasteiger partial charge in [-0.05, 0) is 43.3 Å². The van der Waals surface area contributed by atoms with Gasteiger partial charge < -0.3 is 35.7 Å². The first-order chi connectivity index (χ1) is 13.9. The number of benzene rings is 2. The van der Waals surface area contributed by atoms with Crippen LogP contribution in [0, 0.1) is 6.92 Å². The number of H-pyrrole nitrogens is 1. The molecule has 8 nitrogen and oxygen atoms in total. The maximum atomic E-state index is 11.2. The van der Waals surface area contributed by atoms with Gasteiger partial charge in [-0.25, -0.2) is 0 Å². The number of aromatic nitrogens is 1. The molecule has 1 amide bonds. The zero-order valence-electron chi connectivity index (χ0n) is 16.1. The highest BCUT2D eigenvalue weighted by Crippen LogP contribution is 2.26. The number of fused-ring (bicyclic) bond motifs is 1. The largest absolute Gasteiger partial charge is 0.507 e. The number of carbonyl (C=O) groups is 1. The molecule has 0 radical (unpaired) electrons. The normalized spacial score (nSPS) is 12.1. The van der Waals surface area contributed by atoms with Crippen molar-refractivity contribution in [2.45, 2.75) is 13.0 Å². The Balaban J connectivity index is 1.38. The monoisotopic (exact) mass is 399 g/mol. The maximum Gasteiger partial charge on any atom is 0.252 e. The summed E-state index contributed by atoms with van der Waals surface area (Å²) in [6, 6.07) is 12.1. The van der Waals surface area contributed by atoms with Crippen LogP contribution in [0.5, 0.6) is 17.2 Å². The summed E-state index contributed by atoms with van der Waals surface area (Å²) in [6.07, 6.45) is -0.680. The van der Waals surface area contributed by atoms with Crippen LogP contribution in [0.4, 0.5) is 0 Å². The van der Waals surface area contributed by atoms with Crippen molar-refractivity contribution in [2.75, 3.05) is 26.3 Å². The fourth-order valence-electron chi connectivity index (χ4n) is 2.95. The molecule has 2 aromatic carbocycles. The summed E-state index contributed by atoms with van der Waals surface area (Å²) in [7, 11) is 0. The molecule has 0 saturated carbocycles. The summed E-state index contributed by atoms with van der Waals surface area (Å²) in [5.41, 5.74) is 7.25. The Morgan fingerprint density at radius 3 is 2.86 bits per heavy atom. The molecule has 154 valence electrons. The molecule has 1 atom stereocenters. The van der Waals surface area contributed by atoms with E-state index < -0.39 is 12.0 Å². The Labute approximate surface area is 168 Å². The third-order valence-corrected chi connectivity index (χ3v) is 4.35. The molecule has 3 aromatic rings. The van der Waals surface area contributed by atoms with Crippen molar-refractivity contribution in [1.29, 1.82) is 0 Å². The molecule has 8 heteroatoms. The van der Waals surface area contributed by atoms with Crippen LogP contribution in [0.2, 0.25) is 0 Å². The lowest BCUT2D eigenvalue weighted by Gasteiger charge is -2.14. The molecule has 0 aliphatic carbocycles. The minimum Gasteiger partial charge on any atom is -0.507 e. The third kappa shape index (κ3) is 5.40. The zero-order chi connectivity index (χ0) is 20.8. The van der Waals surface area contributed by atoms with Crippen molar-refractivity contribution >= 4 is 16.8 Å². The van der Waals surface area contributed by atoms with Crippen molar-refractivity contribution < 1.29 is 24.5 Å². The van der Waals surface area contributed by atoms with Crippen molar-refractivity contribution in [2.24, 2.45) is 5.73 Å². The van der Waals surface area contributed by atoms with Crippen LogP contribution in [-0.4, -0.2) is 53.5 Å². The van der Waals surface area contributed by atoms with Gasteiger partial charge in [0.05, 0.1) is 5.56 Å². The Bertz CT molecular complexity index is 986. The molecule has 0 saturated heterocycles. The highest BCUT2D eigenvalue weighted by Gasteiger charge is 2.10. The molecule has 0 aliphatic rings. The number of aryl methyl sites for hydroxylation is 1. The molecule has 0 bridgehead atoms. The molecular weight excluding hydrogens is 374 g/mol. The van der Waals surface area contributed by atoms with Gasteiger partial charge in [-0.3, -0.25) is 4.79 Å². The molecule has 1 aromatic heterocycles. The van der Waals surface area contributed by atoms with Gasteiger partial charge in [0.25, 0.3) is 5.91 Å². The summed E-state index contributed by atoms with van der Waals surface area (Å²) in [5, 5.41) is 23.7. The third-order valence-electron chi connectivity index (χ3n) is 4.35. The Morgan fingerprint density at radius 1 is 1.24 bits per heavy atom. The minimum atomic E-state index is -0.723. The standard InChI is InChI=1S/C21H25N3O5/c1-13-9-16-18(24-13)3-2-4-20(16)29-12-14(25)11-23-7-8-28-15-5-6-19(26)17(10-15)21(22)27/h2-6,9-10,14,23-26H,7-8,11-12H2,1H3,(H2,22,27). The maximum absolute atomic E-state index is 11.2. The van der Waals surface area contributed by atoms with Gasteiger partial charge in [-0.1, -0.05) is 6.07 Å². The fourth-order valence-corrected chi connectivity index (χ4v) is 2.95. The van der Waals surface area contributed by atoms with Crippen LogP contribution in [0.3, 0.4) is 0 Å². The van der Waals surface area contributed by atoms with Gasteiger partial charge in [-0.2, -0.15) is 0 Å². The summed E-state index contributed by atoms with van der Waals surface area (Å²) in [4.78, 5) is 14.5. The SMILES string of the molecule is Cc1cc2c(OCC(O)CNCCOc3ccc(O)c(C(N)=O)c3)cccc2[nH]1. The molecular formula is C21H25N3O5. The highest BCUT2D eigenvalue weighted by molar-refractivity contribution is 5.95. The molecule has 0 spiro atoms. The number of rotatable bonds is 10. The lowest BCUT2D eigenvalue weighted by atomic mass is 10.2. The lowest BCUT2D eigenvalue weighted by Crippen LogP contribution is -2.33. The number of carbonyl (C=O) groups excluding carboxylic acids is 1. The van der Waals surface area contributed by atoms with Gasteiger partial charge in [0.1, 0.15) is 36.6 Å². The van der Waals surface area contributed by atoms with Gasteiger partial charge in [-0.15, -0.1) is 0 Å². The summed E-state index contributed by atoms with van der Waals surface area (Å²) in [5.74, 6) is 0.250. The van der Waals surface area contributed by atoms with Crippen LogP contribution in [-0.2, 0) is 0 Å². The van der Waals surface area contributed by atoms with Crippen molar-refractivity contribution in [3.05, 3.63) is 53.7 Å². The number of ether oxygens (including phenoxy) is 2. The molecule has 0 aliphatic heterocycles. The first kappa shape index (κ1) is 20.5. The Hall–Kier alpha value is -3.23.